The van der Waals surface area contributed by atoms with Gasteiger partial charge in [-0.1, -0.05) is 24.8 Å². The summed E-state index contributed by atoms with van der Waals surface area (Å²) >= 11 is 0. The number of carbonyl (C=O) groups is 4. The van der Waals surface area contributed by atoms with Crippen molar-refractivity contribution in [1.29, 1.82) is 0 Å². The summed E-state index contributed by atoms with van der Waals surface area (Å²) < 4.78 is 5.44. The highest BCUT2D eigenvalue weighted by Crippen LogP contribution is 2.34. The quantitative estimate of drug-likeness (QED) is 0.540. The maximum Gasteiger partial charge on any atom is 0.322 e. The third kappa shape index (κ3) is 4.89. The molecule has 2 aromatic rings. The van der Waals surface area contributed by atoms with Gasteiger partial charge in [-0.15, -0.1) is 0 Å². The van der Waals surface area contributed by atoms with Crippen LogP contribution in [0.2, 0.25) is 0 Å². The molecule has 9 nitrogen and oxygen atoms in total. The van der Waals surface area contributed by atoms with E-state index in [0.29, 0.717) is 5.69 Å². The van der Waals surface area contributed by atoms with Gasteiger partial charge in [0.2, 0.25) is 5.91 Å². The summed E-state index contributed by atoms with van der Waals surface area (Å²) in [5, 5.41) is 13.2. The Bertz CT molecular complexity index is 894. The minimum absolute atomic E-state index is 0.167. The summed E-state index contributed by atoms with van der Waals surface area (Å²) in [6, 6.07) is 11.6. The molecule has 1 unspecified atom stereocenters. The molecule has 1 heterocycles. The predicted octanol–water partition coefficient (Wildman–Crippen LogP) is 1.03. The first-order chi connectivity index (χ1) is 13.8. The molecule has 2 rings (SSSR count). The van der Waals surface area contributed by atoms with E-state index >= 15 is 0 Å². The Morgan fingerprint density at radius 2 is 1.79 bits per heavy atom. The second-order valence-corrected chi connectivity index (χ2v) is 6.12. The second-order valence-electron chi connectivity index (χ2n) is 6.12. The van der Waals surface area contributed by atoms with E-state index in [2.05, 4.69) is 17.2 Å². The minimum Gasteiger partial charge on any atom is -0.480 e. The van der Waals surface area contributed by atoms with Crippen molar-refractivity contribution in [2.75, 3.05) is 18.0 Å². The summed E-state index contributed by atoms with van der Waals surface area (Å²) in [7, 11) is 0. The largest absolute Gasteiger partial charge is 0.480 e. The van der Waals surface area contributed by atoms with Crippen molar-refractivity contribution in [3.05, 3.63) is 67.1 Å². The highest BCUT2D eigenvalue weighted by molar-refractivity contribution is 6.08. The van der Waals surface area contributed by atoms with Crippen molar-refractivity contribution in [1.82, 2.24) is 10.6 Å². The third-order valence-corrected chi connectivity index (χ3v) is 4.15. The molecule has 0 saturated heterocycles. The van der Waals surface area contributed by atoms with E-state index in [1.807, 2.05) is 0 Å². The van der Waals surface area contributed by atoms with Crippen LogP contribution in [-0.4, -0.2) is 41.9 Å². The summed E-state index contributed by atoms with van der Waals surface area (Å²) in [4.78, 5) is 49.4. The van der Waals surface area contributed by atoms with Gasteiger partial charge in [0.1, 0.15) is 12.3 Å². The van der Waals surface area contributed by atoms with Gasteiger partial charge in [-0.05, 0) is 37.3 Å². The number of hydrogen-bond donors (Lipinski definition) is 3. The van der Waals surface area contributed by atoms with Crippen LogP contribution in [0.15, 0.2) is 65.8 Å². The van der Waals surface area contributed by atoms with Crippen molar-refractivity contribution in [3.8, 4) is 0 Å². The highest BCUT2D eigenvalue weighted by atomic mass is 16.4. The van der Waals surface area contributed by atoms with Gasteiger partial charge in [0.25, 0.3) is 11.8 Å². The molecule has 29 heavy (non-hydrogen) atoms. The van der Waals surface area contributed by atoms with Crippen LogP contribution >= 0.6 is 0 Å². The summed E-state index contributed by atoms with van der Waals surface area (Å²) in [5.74, 6) is -2.99. The maximum atomic E-state index is 13.1. The fourth-order valence-electron chi connectivity index (χ4n) is 2.72. The molecule has 1 aromatic carbocycles. The van der Waals surface area contributed by atoms with E-state index in [1.165, 1.54) is 24.2 Å². The van der Waals surface area contributed by atoms with Gasteiger partial charge >= 0.3 is 5.97 Å². The molecule has 3 N–H and O–H groups in total. The van der Waals surface area contributed by atoms with Crippen molar-refractivity contribution < 1.29 is 28.7 Å². The standard InChI is InChI=1S/C20H21N3O6/c1-3-17(25)23(14-8-5-4-6-9-14)20(2,15-10-7-11-29-15)19(28)22-12-16(24)21-13-18(26)27/h3-11H,1,12-13H2,2H3,(H,21,24)(H,22,28)(H,26,27). The van der Waals surface area contributed by atoms with Crippen molar-refractivity contribution in [2.24, 2.45) is 0 Å². The van der Waals surface area contributed by atoms with E-state index in [-0.39, 0.29) is 5.76 Å². The van der Waals surface area contributed by atoms with Gasteiger partial charge in [-0.3, -0.25) is 24.1 Å². The Morgan fingerprint density at radius 1 is 1.10 bits per heavy atom. The number of nitrogens with zero attached hydrogens (tertiary/aromatic N) is 1. The number of carbonyl (C=O) groups excluding carboxylic acids is 3. The van der Waals surface area contributed by atoms with Crippen LogP contribution in [0.1, 0.15) is 12.7 Å². The smallest absolute Gasteiger partial charge is 0.322 e. The highest BCUT2D eigenvalue weighted by Gasteiger charge is 2.46. The Morgan fingerprint density at radius 3 is 2.34 bits per heavy atom. The van der Waals surface area contributed by atoms with E-state index in [1.54, 1.807) is 36.4 Å². The number of benzene rings is 1. The first-order valence-corrected chi connectivity index (χ1v) is 8.63. The number of nitrogens with one attached hydrogen (secondary N) is 2. The number of para-hydroxylation sites is 1. The number of carboxylic acids is 1. The predicted molar refractivity (Wildman–Crippen MR) is 104 cm³/mol. The molecule has 1 aromatic heterocycles. The number of hydrogen-bond acceptors (Lipinski definition) is 5. The van der Waals surface area contributed by atoms with E-state index in [4.69, 9.17) is 9.52 Å². The summed E-state index contributed by atoms with van der Waals surface area (Å²) in [6.07, 6.45) is 2.43. The number of rotatable bonds is 9. The molecule has 0 saturated carbocycles. The monoisotopic (exact) mass is 399 g/mol. The average molecular weight is 399 g/mol. The second kappa shape index (κ2) is 9.36. The minimum atomic E-state index is -1.65. The topological polar surface area (TPSA) is 129 Å². The van der Waals surface area contributed by atoms with Crippen molar-refractivity contribution >= 4 is 29.4 Å². The SMILES string of the molecule is C=CC(=O)N(c1ccccc1)C(C)(C(=O)NCC(=O)NCC(=O)O)c1ccco1. The molecule has 0 bridgehead atoms. The van der Waals surface area contributed by atoms with E-state index in [0.717, 1.165) is 6.08 Å². The third-order valence-electron chi connectivity index (χ3n) is 4.15. The number of furan rings is 1. The number of anilines is 1. The van der Waals surface area contributed by atoms with Crippen LogP contribution in [0.25, 0.3) is 0 Å². The Kier molecular flexibility index (Phi) is 6.91. The summed E-state index contributed by atoms with van der Waals surface area (Å²) in [6.45, 7) is 3.93. The van der Waals surface area contributed by atoms with Gasteiger partial charge in [0.05, 0.1) is 12.8 Å². The van der Waals surface area contributed by atoms with Gasteiger partial charge < -0.3 is 20.2 Å². The van der Waals surface area contributed by atoms with Gasteiger partial charge in [0, 0.05) is 5.69 Å². The first-order valence-electron chi connectivity index (χ1n) is 8.63. The summed E-state index contributed by atoms with van der Waals surface area (Å²) in [5.41, 5.74) is -1.23. The van der Waals surface area contributed by atoms with Gasteiger partial charge in [-0.2, -0.15) is 0 Å². The molecule has 0 aliphatic rings. The lowest BCUT2D eigenvalue weighted by Gasteiger charge is -2.38. The van der Waals surface area contributed by atoms with Crippen LogP contribution < -0.4 is 15.5 Å². The first kappa shape index (κ1) is 21.4. The zero-order valence-electron chi connectivity index (χ0n) is 15.8. The number of amides is 3. The average Bonchev–Trinajstić information content (AvgIpc) is 3.26. The lowest BCUT2D eigenvalue weighted by molar-refractivity contribution is -0.138. The molecule has 1 atom stereocenters. The van der Waals surface area contributed by atoms with Crippen LogP contribution in [-0.2, 0) is 24.7 Å². The van der Waals surface area contributed by atoms with Gasteiger partial charge in [-0.25, -0.2) is 0 Å². The van der Waals surface area contributed by atoms with E-state index in [9.17, 15) is 19.2 Å². The zero-order valence-corrected chi connectivity index (χ0v) is 15.8. The number of carboxylic acid groups (broad SMARTS) is 1. The Balaban J connectivity index is 2.38. The molecule has 3 amide bonds. The van der Waals surface area contributed by atoms with Crippen LogP contribution in [0.5, 0.6) is 0 Å². The molecular formula is C20H21N3O6. The molecule has 0 fully saturated rings. The molecular weight excluding hydrogens is 378 g/mol. The fraction of sp³-hybridized carbons (Fsp3) is 0.200. The molecule has 0 aliphatic carbocycles. The molecule has 0 aliphatic heterocycles. The van der Waals surface area contributed by atoms with Gasteiger partial charge in [0.15, 0.2) is 5.54 Å². The zero-order chi connectivity index (χ0) is 21.4. The van der Waals surface area contributed by atoms with Crippen LogP contribution in [0.3, 0.4) is 0 Å². The molecule has 152 valence electrons. The van der Waals surface area contributed by atoms with Crippen molar-refractivity contribution in [3.63, 3.8) is 0 Å². The van der Waals surface area contributed by atoms with Crippen LogP contribution in [0.4, 0.5) is 5.69 Å². The number of aliphatic carboxylic acids is 1. The molecule has 0 spiro atoms. The molecule has 9 heteroatoms. The Hall–Kier alpha value is -3.88. The van der Waals surface area contributed by atoms with Crippen molar-refractivity contribution in [2.45, 2.75) is 12.5 Å². The van der Waals surface area contributed by atoms with E-state index < -0.39 is 42.3 Å². The van der Waals surface area contributed by atoms with Crippen LogP contribution in [0, 0.1) is 0 Å². The normalized spacial score (nSPS) is 12.3. The fourth-order valence-corrected chi connectivity index (χ4v) is 2.72. The lowest BCUT2D eigenvalue weighted by atomic mass is 9.93. The molecule has 0 radical (unpaired) electrons. The maximum absolute atomic E-state index is 13.1. The Labute approximate surface area is 167 Å². The lowest BCUT2D eigenvalue weighted by Crippen LogP contribution is -2.57.